The number of benzene rings is 1. The van der Waals surface area contributed by atoms with Gasteiger partial charge in [0.1, 0.15) is 0 Å². The summed E-state index contributed by atoms with van der Waals surface area (Å²) in [6.07, 6.45) is 8.29. The number of sulfonamides is 1. The molecule has 2 aliphatic rings. The topological polar surface area (TPSA) is 82.6 Å². The average molecular weight is 457 g/mol. The minimum Gasteiger partial charge on any atom is -0.356 e. The van der Waals surface area contributed by atoms with Crippen molar-refractivity contribution in [3.63, 3.8) is 0 Å². The van der Waals surface area contributed by atoms with E-state index in [4.69, 9.17) is 0 Å². The number of piperidine rings is 1. The lowest BCUT2D eigenvalue weighted by atomic mass is 9.90. The highest BCUT2D eigenvalue weighted by Gasteiger charge is 2.41. The summed E-state index contributed by atoms with van der Waals surface area (Å²) in [4.78, 5) is 19.8. The van der Waals surface area contributed by atoms with Crippen LogP contribution in [0, 0.1) is 5.92 Å². The molecule has 0 spiro atoms. The second-order valence-electron chi connectivity index (χ2n) is 8.67. The summed E-state index contributed by atoms with van der Waals surface area (Å²) < 4.78 is 28.2. The monoisotopic (exact) mass is 456 g/mol. The Morgan fingerprint density at radius 2 is 1.72 bits per heavy atom. The molecule has 2 unspecified atom stereocenters. The van der Waals surface area contributed by atoms with Crippen LogP contribution in [-0.4, -0.2) is 60.7 Å². The molecule has 0 radical (unpaired) electrons. The SMILES string of the molecule is O=C1NCCCCCCN(Cc2ccncc2)C2CN(S(=O)(=O)c3ccccc3)CCC12. The van der Waals surface area contributed by atoms with Crippen LogP contribution in [0.15, 0.2) is 59.8 Å². The maximum Gasteiger partial charge on any atom is 0.243 e. The van der Waals surface area contributed by atoms with Gasteiger partial charge in [-0.3, -0.25) is 14.7 Å². The highest BCUT2D eigenvalue weighted by molar-refractivity contribution is 7.89. The van der Waals surface area contributed by atoms with E-state index in [0.29, 0.717) is 37.5 Å². The van der Waals surface area contributed by atoms with Gasteiger partial charge in [-0.25, -0.2) is 8.42 Å². The van der Waals surface area contributed by atoms with Gasteiger partial charge < -0.3 is 5.32 Å². The number of pyridine rings is 1. The number of fused-ring (bicyclic) bond motifs is 1. The Kier molecular flexibility index (Phi) is 7.55. The van der Waals surface area contributed by atoms with Gasteiger partial charge in [-0.2, -0.15) is 4.31 Å². The molecule has 0 aliphatic carbocycles. The molecule has 2 saturated heterocycles. The van der Waals surface area contributed by atoms with Gasteiger partial charge in [0.2, 0.25) is 15.9 Å². The third-order valence-electron chi connectivity index (χ3n) is 6.54. The zero-order valence-electron chi connectivity index (χ0n) is 18.4. The van der Waals surface area contributed by atoms with Crippen molar-refractivity contribution in [2.45, 2.75) is 49.6 Å². The summed E-state index contributed by atoms with van der Waals surface area (Å²) in [5.74, 6) is -0.175. The fourth-order valence-electron chi connectivity index (χ4n) is 4.76. The van der Waals surface area contributed by atoms with Crippen molar-refractivity contribution in [3.05, 3.63) is 60.4 Å². The molecule has 1 aromatic heterocycles. The van der Waals surface area contributed by atoms with Crippen LogP contribution in [0.1, 0.15) is 37.7 Å². The van der Waals surface area contributed by atoms with E-state index in [0.717, 1.165) is 37.8 Å². The van der Waals surface area contributed by atoms with Crippen molar-refractivity contribution in [1.82, 2.24) is 19.5 Å². The van der Waals surface area contributed by atoms with Crippen LogP contribution < -0.4 is 5.32 Å². The van der Waals surface area contributed by atoms with Gasteiger partial charge in [0.25, 0.3) is 0 Å². The zero-order chi connectivity index (χ0) is 22.4. The standard InChI is InChI=1S/C24H32N4O3S/c29-24-22-12-17-28(32(30,31)21-8-4-3-5-9-21)19-23(22)27(16-7-2-1-6-13-26-24)18-20-10-14-25-15-11-20/h3-5,8-11,14-15,22-23H,1-2,6-7,12-13,16-19H2,(H,26,29). The van der Waals surface area contributed by atoms with E-state index in [9.17, 15) is 13.2 Å². The van der Waals surface area contributed by atoms with Crippen LogP contribution >= 0.6 is 0 Å². The number of hydrogen-bond acceptors (Lipinski definition) is 5. The fraction of sp³-hybridized carbons (Fsp3) is 0.500. The van der Waals surface area contributed by atoms with Gasteiger partial charge in [-0.05, 0) is 55.6 Å². The Hall–Kier alpha value is -2.29. The highest BCUT2D eigenvalue weighted by Crippen LogP contribution is 2.29. The molecule has 2 aliphatic heterocycles. The molecular formula is C24H32N4O3S. The second-order valence-corrected chi connectivity index (χ2v) is 10.6. The van der Waals surface area contributed by atoms with Crippen LogP contribution in [0.5, 0.6) is 0 Å². The number of aromatic nitrogens is 1. The molecule has 1 amide bonds. The first-order valence-electron chi connectivity index (χ1n) is 11.5. The predicted molar refractivity (Wildman–Crippen MR) is 123 cm³/mol. The van der Waals surface area contributed by atoms with Crippen LogP contribution in [0.3, 0.4) is 0 Å². The maximum absolute atomic E-state index is 13.3. The van der Waals surface area contributed by atoms with E-state index in [-0.39, 0.29) is 17.9 Å². The van der Waals surface area contributed by atoms with E-state index in [1.807, 2.05) is 18.2 Å². The van der Waals surface area contributed by atoms with Gasteiger partial charge >= 0.3 is 0 Å². The number of nitrogens with zero attached hydrogens (tertiary/aromatic N) is 3. The van der Waals surface area contributed by atoms with Crippen LogP contribution in [0.2, 0.25) is 0 Å². The number of rotatable bonds is 4. The number of hydrogen-bond donors (Lipinski definition) is 1. The molecule has 8 heteroatoms. The van der Waals surface area contributed by atoms with Crippen LogP contribution in [-0.2, 0) is 21.4 Å². The molecule has 1 aromatic carbocycles. The molecule has 4 rings (SSSR count). The van der Waals surface area contributed by atoms with Gasteiger partial charge in [0.05, 0.1) is 10.8 Å². The first kappa shape index (κ1) is 22.9. The lowest BCUT2D eigenvalue weighted by Crippen LogP contribution is -2.57. The van der Waals surface area contributed by atoms with Gasteiger partial charge in [0, 0.05) is 44.6 Å². The van der Waals surface area contributed by atoms with Crippen molar-refractivity contribution in [3.8, 4) is 0 Å². The Morgan fingerprint density at radius 1 is 0.969 bits per heavy atom. The van der Waals surface area contributed by atoms with E-state index in [1.165, 1.54) is 0 Å². The molecule has 2 atom stereocenters. The van der Waals surface area contributed by atoms with Crippen molar-refractivity contribution in [2.24, 2.45) is 5.92 Å². The van der Waals surface area contributed by atoms with Gasteiger partial charge in [0.15, 0.2) is 0 Å². The normalized spacial score (nSPS) is 24.2. The minimum atomic E-state index is -3.61. The number of amides is 1. The summed E-state index contributed by atoms with van der Waals surface area (Å²) in [6.45, 7) is 2.89. The predicted octanol–water partition coefficient (Wildman–Crippen LogP) is 2.65. The molecular weight excluding hydrogens is 424 g/mol. The summed E-state index contributed by atoms with van der Waals surface area (Å²) in [5.41, 5.74) is 1.12. The third kappa shape index (κ3) is 5.36. The quantitative estimate of drug-likeness (QED) is 0.765. The summed E-state index contributed by atoms with van der Waals surface area (Å²) in [5, 5.41) is 3.11. The summed E-state index contributed by atoms with van der Waals surface area (Å²) in [6, 6.07) is 12.4. The van der Waals surface area contributed by atoms with E-state index >= 15 is 0 Å². The maximum atomic E-state index is 13.3. The van der Waals surface area contributed by atoms with Crippen molar-refractivity contribution >= 4 is 15.9 Å². The molecule has 0 saturated carbocycles. The van der Waals surface area contributed by atoms with Crippen LogP contribution in [0.4, 0.5) is 0 Å². The first-order valence-corrected chi connectivity index (χ1v) is 13.0. The van der Waals surface area contributed by atoms with Crippen molar-refractivity contribution < 1.29 is 13.2 Å². The van der Waals surface area contributed by atoms with E-state index in [2.05, 4.69) is 15.2 Å². The highest BCUT2D eigenvalue weighted by atomic mass is 32.2. The summed E-state index contributed by atoms with van der Waals surface area (Å²) in [7, 11) is -3.61. The lowest BCUT2D eigenvalue weighted by Gasteiger charge is -2.43. The molecule has 7 nitrogen and oxygen atoms in total. The number of carbonyl (C=O) groups excluding carboxylic acids is 1. The van der Waals surface area contributed by atoms with Gasteiger partial charge in [-0.1, -0.05) is 31.0 Å². The molecule has 172 valence electrons. The third-order valence-corrected chi connectivity index (χ3v) is 8.42. The van der Waals surface area contributed by atoms with Crippen molar-refractivity contribution in [2.75, 3.05) is 26.2 Å². The minimum absolute atomic E-state index is 0.0494. The number of nitrogens with one attached hydrogen (secondary N) is 1. The fourth-order valence-corrected chi connectivity index (χ4v) is 6.25. The molecule has 2 fully saturated rings. The molecule has 2 aromatic rings. The zero-order valence-corrected chi connectivity index (χ0v) is 19.2. The Labute approximate surface area is 190 Å². The van der Waals surface area contributed by atoms with Crippen LogP contribution in [0.25, 0.3) is 0 Å². The van der Waals surface area contributed by atoms with Gasteiger partial charge in [-0.15, -0.1) is 0 Å². The summed E-state index contributed by atoms with van der Waals surface area (Å²) >= 11 is 0. The Bertz CT molecular complexity index is 985. The molecule has 0 bridgehead atoms. The lowest BCUT2D eigenvalue weighted by molar-refractivity contribution is -0.129. The molecule has 1 N–H and O–H groups in total. The molecule has 32 heavy (non-hydrogen) atoms. The first-order chi connectivity index (χ1) is 15.6. The number of carbonyl (C=O) groups is 1. The average Bonchev–Trinajstić information content (AvgIpc) is 2.86. The second kappa shape index (κ2) is 10.6. The smallest absolute Gasteiger partial charge is 0.243 e. The Balaban J connectivity index is 1.63. The van der Waals surface area contributed by atoms with Crippen molar-refractivity contribution in [1.29, 1.82) is 0 Å². The largest absolute Gasteiger partial charge is 0.356 e. The van der Waals surface area contributed by atoms with E-state index < -0.39 is 10.0 Å². The molecule has 3 heterocycles. The Morgan fingerprint density at radius 3 is 2.50 bits per heavy atom. The van der Waals surface area contributed by atoms with E-state index in [1.54, 1.807) is 41.0 Å².